The highest BCUT2D eigenvalue weighted by Crippen LogP contribution is 2.23. The van der Waals surface area contributed by atoms with Gasteiger partial charge in [-0.2, -0.15) is 0 Å². The fourth-order valence-corrected chi connectivity index (χ4v) is 2.53. The first kappa shape index (κ1) is 16.7. The predicted octanol–water partition coefficient (Wildman–Crippen LogP) is 3.61. The summed E-state index contributed by atoms with van der Waals surface area (Å²) < 4.78 is 5.20. The number of furan rings is 1. The summed E-state index contributed by atoms with van der Waals surface area (Å²) in [6.45, 7) is 4.44. The second-order valence-electron chi connectivity index (χ2n) is 5.62. The van der Waals surface area contributed by atoms with Crippen molar-refractivity contribution in [3.63, 3.8) is 0 Å². The Kier molecular flexibility index (Phi) is 5.09. The first-order valence-electron chi connectivity index (χ1n) is 8.16. The molecule has 0 spiro atoms. The summed E-state index contributed by atoms with van der Waals surface area (Å²) in [6, 6.07) is 11.3. The molecule has 2 aromatic heterocycles. The maximum Gasteiger partial charge on any atom is 0.270 e. The fourth-order valence-electron chi connectivity index (χ4n) is 2.53. The number of aromatic nitrogens is 2. The number of nitrogens with one attached hydrogen (secondary N) is 2. The third-order valence-corrected chi connectivity index (χ3v) is 3.87. The van der Waals surface area contributed by atoms with Crippen LogP contribution < -0.4 is 10.6 Å². The monoisotopic (exact) mass is 336 g/mol. The third kappa shape index (κ3) is 4.03. The molecule has 6 heteroatoms. The van der Waals surface area contributed by atoms with Gasteiger partial charge in [-0.25, -0.2) is 9.97 Å². The fraction of sp³-hybridized carbons (Fsp3) is 0.211. The molecular formula is C19H20N4O2. The molecule has 0 fully saturated rings. The summed E-state index contributed by atoms with van der Waals surface area (Å²) in [7, 11) is 0. The van der Waals surface area contributed by atoms with Gasteiger partial charge in [-0.05, 0) is 42.7 Å². The Labute approximate surface area is 146 Å². The number of hydrogen-bond donors (Lipinski definition) is 2. The number of benzene rings is 1. The lowest BCUT2D eigenvalue weighted by Crippen LogP contribution is -2.24. The maximum absolute atomic E-state index is 12.3. The van der Waals surface area contributed by atoms with Gasteiger partial charge < -0.3 is 15.1 Å². The van der Waals surface area contributed by atoms with E-state index in [9.17, 15) is 4.79 Å². The van der Waals surface area contributed by atoms with Crippen LogP contribution in [0.25, 0.3) is 0 Å². The van der Waals surface area contributed by atoms with Gasteiger partial charge >= 0.3 is 0 Å². The average molecular weight is 336 g/mol. The molecule has 25 heavy (non-hydrogen) atoms. The van der Waals surface area contributed by atoms with Gasteiger partial charge in [0.1, 0.15) is 11.5 Å². The predicted molar refractivity (Wildman–Crippen MR) is 95.7 cm³/mol. The molecule has 1 amide bonds. The molecule has 0 aliphatic heterocycles. The average Bonchev–Trinajstić information content (AvgIpc) is 3.15. The number of carbonyl (C=O) groups excluding carboxylic acids is 1. The van der Waals surface area contributed by atoms with Gasteiger partial charge in [-0.15, -0.1) is 0 Å². The van der Waals surface area contributed by atoms with Gasteiger partial charge in [0.25, 0.3) is 5.91 Å². The summed E-state index contributed by atoms with van der Waals surface area (Å²) >= 11 is 0. The van der Waals surface area contributed by atoms with Crippen LogP contribution in [0.15, 0.2) is 53.3 Å². The lowest BCUT2D eigenvalue weighted by Gasteiger charge is -2.13. The normalized spacial score (nSPS) is 10.5. The zero-order valence-electron chi connectivity index (χ0n) is 14.2. The molecule has 0 atom stereocenters. The first-order chi connectivity index (χ1) is 12.2. The number of hydrogen-bond acceptors (Lipinski definition) is 5. The molecule has 3 aromatic rings. The van der Waals surface area contributed by atoms with E-state index in [4.69, 9.17) is 4.42 Å². The van der Waals surface area contributed by atoms with E-state index in [2.05, 4.69) is 33.6 Å². The molecule has 0 unspecified atom stereocenters. The number of amides is 1. The molecule has 2 heterocycles. The van der Waals surface area contributed by atoms with Crippen molar-refractivity contribution in [3.8, 4) is 0 Å². The highest BCUT2D eigenvalue weighted by Gasteiger charge is 2.11. The second-order valence-corrected chi connectivity index (χ2v) is 5.62. The van der Waals surface area contributed by atoms with E-state index in [1.807, 2.05) is 19.1 Å². The van der Waals surface area contributed by atoms with Crippen LogP contribution in [0.3, 0.4) is 0 Å². The van der Waals surface area contributed by atoms with Crippen LogP contribution in [0.5, 0.6) is 0 Å². The van der Waals surface area contributed by atoms with Gasteiger partial charge in [0.2, 0.25) is 5.95 Å². The molecule has 3 rings (SSSR count). The van der Waals surface area contributed by atoms with E-state index in [-0.39, 0.29) is 5.91 Å². The minimum Gasteiger partial charge on any atom is -0.467 e. The number of carbonyl (C=O) groups is 1. The van der Waals surface area contributed by atoms with Gasteiger partial charge in [-0.3, -0.25) is 4.79 Å². The maximum atomic E-state index is 12.3. The summed E-state index contributed by atoms with van der Waals surface area (Å²) in [5.74, 6) is 0.810. The Balaban J connectivity index is 1.74. The third-order valence-electron chi connectivity index (χ3n) is 3.87. The van der Waals surface area contributed by atoms with Crippen molar-refractivity contribution >= 4 is 17.5 Å². The zero-order valence-corrected chi connectivity index (χ0v) is 14.2. The molecule has 2 N–H and O–H groups in total. The van der Waals surface area contributed by atoms with E-state index >= 15 is 0 Å². The molecule has 0 bridgehead atoms. The van der Waals surface area contributed by atoms with Crippen molar-refractivity contribution in [2.24, 2.45) is 0 Å². The summed E-state index contributed by atoms with van der Waals surface area (Å²) in [5, 5.41) is 6.01. The van der Waals surface area contributed by atoms with Crippen molar-refractivity contribution in [1.29, 1.82) is 0 Å². The highest BCUT2D eigenvalue weighted by molar-refractivity contribution is 5.92. The minimum absolute atomic E-state index is 0.276. The second kappa shape index (κ2) is 7.61. The van der Waals surface area contributed by atoms with Gasteiger partial charge in [0, 0.05) is 11.9 Å². The first-order valence-corrected chi connectivity index (χ1v) is 8.16. The van der Waals surface area contributed by atoms with Crippen molar-refractivity contribution in [3.05, 3.63) is 71.4 Å². The largest absolute Gasteiger partial charge is 0.467 e. The molecule has 0 saturated carbocycles. The van der Waals surface area contributed by atoms with Gasteiger partial charge in [-0.1, -0.05) is 25.1 Å². The van der Waals surface area contributed by atoms with Crippen molar-refractivity contribution < 1.29 is 9.21 Å². The van der Waals surface area contributed by atoms with E-state index in [0.29, 0.717) is 23.9 Å². The van der Waals surface area contributed by atoms with E-state index in [0.717, 1.165) is 17.7 Å². The Morgan fingerprint density at radius 3 is 2.84 bits per heavy atom. The number of para-hydroxylation sites is 1. The highest BCUT2D eigenvalue weighted by atomic mass is 16.3. The SMILES string of the molecule is CCc1cccc(C)c1Nc1nccc(C(=O)NCc2ccco2)n1. The van der Waals surface area contributed by atoms with E-state index < -0.39 is 0 Å². The minimum atomic E-state index is -0.276. The van der Waals surface area contributed by atoms with Crippen molar-refractivity contribution in [2.75, 3.05) is 5.32 Å². The number of anilines is 2. The van der Waals surface area contributed by atoms with Crippen LogP contribution >= 0.6 is 0 Å². The number of rotatable bonds is 6. The Bertz CT molecular complexity index is 860. The smallest absolute Gasteiger partial charge is 0.270 e. The Morgan fingerprint density at radius 1 is 1.20 bits per heavy atom. The molecule has 0 radical (unpaired) electrons. The molecule has 6 nitrogen and oxygen atoms in total. The summed E-state index contributed by atoms with van der Waals surface area (Å²) in [5.41, 5.74) is 3.57. The van der Waals surface area contributed by atoms with Crippen LogP contribution in [0, 0.1) is 6.92 Å². The molecule has 0 saturated heterocycles. The Morgan fingerprint density at radius 2 is 2.08 bits per heavy atom. The van der Waals surface area contributed by atoms with E-state index in [1.54, 1.807) is 30.7 Å². The van der Waals surface area contributed by atoms with Crippen LogP contribution in [-0.2, 0) is 13.0 Å². The van der Waals surface area contributed by atoms with Crippen LogP contribution in [0.1, 0.15) is 34.3 Å². The molecular weight excluding hydrogens is 316 g/mol. The van der Waals surface area contributed by atoms with Crippen LogP contribution in [0.2, 0.25) is 0 Å². The molecule has 128 valence electrons. The van der Waals surface area contributed by atoms with Gasteiger partial charge in [0.05, 0.1) is 12.8 Å². The van der Waals surface area contributed by atoms with Crippen molar-refractivity contribution in [1.82, 2.24) is 15.3 Å². The summed E-state index contributed by atoms with van der Waals surface area (Å²) in [6.07, 6.45) is 4.04. The van der Waals surface area contributed by atoms with Gasteiger partial charge in [0.15, 0.2) is 0 Å². The number of aryl methyl sites for hydroxylation is 2. The summed E-state index contributed by atoms with van der Waals surface area (Å²) in [4.78, 5) is 20.8. The molecule has 1 aromatic carbocycles. The quantitative estimate of drug-likeness (QED) is 0.719. The van der Waals surface area contributed by atoms with Crippen molar-refractivity contribution in [2.45, 2.75) is 26.8 Å². The topological polar surface area (TPSA) is 80.0 Å². The molecule has 0 aliphatic carbocycles. The molecule has 0 aliphatic rings. The van der Waals surface area contributed by atoms with Crippen LogP contribution in [-0.4, -0.2) is 15.9 Å². The Hall–Kier alpha value is -3.15. The standard InChI is InChI=1S/C19H20N4O2/c1-3-14-7-4-6-13(2)17(14)23-19-20-10-9-16(22-19)18(24)21-12-15-8-5-11-25-15/h4-11H,3,12H2,1-2H3,(H,21,24)(H,20,22,23). The zero-order chi connectivity index (χ0) is 17.6. The number of nitrogens with zero attached hydrogens (tertiary/aromatic N) is 2. The lowest BCUT2D eigenvalue weighted by molar-refractivity contribution is 0.0943. The lowest BCUT2D eigenvalue weighted by atomic mass is 10.1. The van der Waals surface area contributed by atoms with Crippen LogP contribution in [0.4, 0.5) is 11.6 Å². The van der Waals surface area contributed by atoms with E-state index in [1.165, 1.54) is 5.56 Å².